The van der Waals surface area contributed by atoms with Gasteiger partial charge in [0.25, 0.3) is 0 Å². The van der Waals surface area contributed by atoms with Crippen LogP contribution in [-0.4, -0.2) is 21.3 Å². The van der Waals surface area contributed by atoms with Gasteiger partial charge in [-0.25, -0.2) is 0 Å². The molecule has 0 aromatic heterocycles. The molecule has 0 bridgehead atoms. The Morgan fingerprint density at radius 3 is 2.57 bits per heavy atom. The molecule has 1 saturated carbocycles. The first-order valence-electron chi connectivity index (χ1n) is 5.74. The van der Waals surface area contributed by atoms with E-state index in [1.165, 1.54) is 12.8 Å². The molecule has 1 aliphatic carbocycles. The molecule has 3 heteroatoms. The van der Waals surface area contributed by atoms with Crippen LogP contribution in [0.25, 0.3) is 0 Å². The van der Waals surface area contributed by atoms with Crippen molar-refractivity contribution in [2.75, 3.05) is 5.75 Å². The van der Waals surface area contributed by atoms with Crippen molar-refractivity contribution in [1.29, 1.82) is 0 Å². The van der Waals surface area contributed by atoms with E-state index in [4.69, 9.17) is 5.73 Å². The van der Waals surface area contributed by atoms with Gasteiger partial charge in [0.1, 0.15) is 0 Å². The van der Waals surface area contributed by atoms with Gasteiger partial charge in [-0.1, -0.05) is 26.7 Å². The maximum atomic E-state index is 11.9. The summed E-state index contributed by atoms with van der Waals surface area (Å²) in [5, 5.41) is 0.280. The average Bonchev–Trinajstić information content (AvgIpc) is 2.15. The highest BCUT2D eigenvalue weighted by Gasteiger charge is 2.26. The van der Waals surface area contributed by atoms with E-state index < -0.39 is 10.8 Å². The molecule has 0 aliphatic heterocycles. The third kappa shape index (κ3) is 3.70. The van der Waals surface area contributed by atoms with Crippen molar-refractivity contribution < 1.29 is 4.21 Å². The average molecular weight is 217 g/mol. The van der Waals surface area contributed by atoms with Gasteiger partial charge >= 0.3 is 0 Å². The van der Waals surface area contributed by atoms with E-state index in [1.54, 1.807) is 0 Å². The van der Waals surface area contributed by atoms with Crippen LogP contribution in [0.2, 0.25) is 0 Å². The normalized spacial score (nSPS) is 30.6. The van der Waals surface area contributed by atoms with Gasteiger partial charge in [-0.15, -0.1) is 0 Å². The maximum Gasteiger partial charge on any atom is 0.0499 e. The van der Waals surface area contributed by atoms with Crippen molar-refractivity contribution in [3.05, 3.63) is 0 Å². The molecule has 3 unspecified atom stereocenters. The van der Waals surface area contributed by atoms with Gasteiger partial charge in [0.05, 0.1) is 0 Å². The van der Waals surface area contributed by atoms with Gasteiger partial charge in [-0.05, 0) is 25.2 Å². The molecule has 0 aromatic rings. The van der Waals surface area contributed by atoms with Crippen LogP contribution in [-0.2, 0) is 10.8 Å². The number of rotatable bonds is 4. The Hall–Kier alpha value is 0.110. The molecule has 1 rings (SSSR count). The number of hydrogen-bond donors (Lipinski definition) is 1. The Bertz CT molecular complexity index is 194. The lowest BCUT2D eigenvalue weighted by Crippen LogP contribution is -2.41. The lowest BCUT2D eigenvalue weighted by Gasteiger charge is -2.27. The molecule has 0 amide bonds. The minimum atomic E-state index is -0.682. The summed E-state index contributed by atoms with van der Waals surface area (Å²) in [4.78, 5) is 0. The highest BCUT2D eigenvalue weighted by Crippen LogP contribution is 2.22. The summed E-state index contributed by atoms with van der Waals surface area (Å²) in [6.45, 7) is 4.36. The summed E-state index contributed by atoms with van der Waals surface area (Å²) in [5.41, 5.74) is 5.99. The Morgan fingerprint density at radius 1 is 1.36 bits per heavy atom. The van der Waals surface area contributed by atoms with Gasteiger partial charge < -0.3 is 5.73 Å². The van der Waals surface area contributed by atoms with Crippen molar-refractivity contribution in [1.82, 2.24) is 0 Å². The van der Waals surface area contributed by atoms with Gasteiger partial charge in [-0.2, -0.15) is 0 Å². The molecule has 1 aliphatic rings. The highest BCUT2D eigenvalue weighted by atomic mass is 32.2. The smallest absolute Gasteiger partial charge is 0.0499 e. The Kier molecular flexibility index (Phi) is 5.10. The predicted molar refractivity (Wildman–Crippen MR) is 62.7 cm³/mol. The molecular formula is C11H23NOS. The van der Waals surface area contributed by atoms with E-state index in [9.17, 15) is 4.21 Å². The topological polar surface area (TPSA) is 43.1 Å². The van der Waals surface area contributed by atoms with E-state index in [1.807, 2.05) is 0 Å². The zero-order chi connectivity index (χ0) is 10.6. The summed E-state index contributed by atoms with van der Waals surface area (Å²) < 4.78 is 11.9. The first kappa shape index (κ1) is 12.2. The first-order valence-corrected chi connectivity index (χ1v) is 7.12. The minimum absolute atomic E-state index is 0.191. The molecule has 1 fully saturated rings. The van der Waals surface area contributed by atoms with E-state index in [2.05, 4.69) is 13.8 Å². The van der Waals surface area contributed by atoms with Crippen LogP contribution in [0.3, 0.4) is 0 Å². The molecule has 2 N–H and O–H groups in total. The second kappa shape index (κ2) is 5.86. The van der Waals surface area contributed by atoms with Crippen LogP contribution in [0.4, 0.5) is 0 Å². The van der Waals surface area contributed by atoms with E-state index in [0.717, 1.165) is 25.0 Å². The van der Waals surface area contributed by atoms with Crippen molar-refractivity contribution >= 4 is 10.8 Å². The fourth-order valence-electron chi connectivity index (χ4n) is 1.96. The van der Waals surface area contributed by atoms with Crippen LogP contribution in [0, 0.1) is 5.92 Å². The second-order valence-corrected chi connectivity index (χ2v) is 6.53. The SMILES string of the molecule is CC(C)CCS(=O)C1CCCCC1N. The Morgan fingerprint density at radius 2 is 2.00 bits per heavy atom. The van der Waals surface area contributed by atoms with Crippen LogP contribution in [0.15, 0.2) is 0 Å². The van der Waals surface area contributed by atoms with Gasteiger partial charge in [0.15, 0.2) is 0 Å². The van der Waals surface area contributed by atoms with Crippen molar-refractivity contribution in [2.45, 2.75) is 57.2 Å². The monoisotopic (exact) mass is 217 g/mol. The quantitative estimate of drug-likeness (QED) is 0.783. The molecule has 84 valence electrons. The first-order chi connectivity index (χ1) is 6.61. The zero-order valence-electron chi connectivity index (χ0n) is 9.37. The van der Waals surface area contributed by atoms with Crippen molar-refractivity contribution in [3.8, 4) is 0 Å². The third-order valence-electron chi connectivity index (χ3n) is 2.99. The molecule has 0 saturated heterocycles. The molecule has 0 heterocycles. The maximum absolute atomic E-state index is 11.9. The number of hydrogen-bond acceptors (Lipinski definition) is 2. The summed E-state index contributed by atoms with van der Waals surface area (Å²) in [5.74, 6) is 1.49. The van der Waals surface area contributed by atoms with E-state index >= 15 is 0 Å². The van der Waals surface area contributed by atoms with Crippen LogP contribution >= 0.6 is 0 Å². The largest absolute Gasteiger partial charge is 0.327 e. The van der Waals surface area contributed by atoms with Crippen LogP contribution in [0.5, 0.6) is 0 Å². The van der Waals surface area contributed by atoms with E-state index in [0.29, 0.717) is 5.92 Å². The zero-order valence-corrected chi connectivity index (χ0v) is 10.2. The van der Waals surface area contributed by atoms with Crippen molar-refractivity contribution in [3.63, 3.8) is 0 Å². The highest BCUT2D eigenvalue weighted by molar-refractivity contribution is 7.85. The lowest BCUT2D eigenvalue weighted by molar-refractivity contribution is 0.444. The Labute approximate surface area is 90.1 Å². The van der Waals surface area contributed by atoms with Gasteiger partial charge in [0.2, 0.25) is 0 Å². The summed E-state index contributed by atoms with van der Waals surface area (Å²) in [6, 6.07) is 0.191. The van der Waals surface area contributed by atoms with Crippen LogP contribution in [0.1, 0.15) is 46.0 Å². The molecule has 2 nitrogen and oxygen atoms in total. The summed E-state index contributed by atoms with van der Waals surface area (Å²) in [7, 11) is -0.682. The summed E-state index contributed by atoms with van der Waals surface area (Å²) >= 11 is 0. The molecule has 0 spiro atoms. The Balaban J connectivity index is 2.34. The number of nitrogens with two attached hydrogens (primary N) is 1. The summed E-state index contributed by atoms with van der Waals surface area (Å²) in [6.07, 6.45) is 5.64. The predicted octanol–water partition coefficient (Wildman–Crippen LogP) is 2.05. The van der Waals surface area contributed by atoms with Gasteiger partial charge in [0, 0.05) is 27.8 Å². The molecular weight excluding hydrogens is 194 g/mol. The fourth-order valence-corrected chi connectivity index (χ4v) is 3.92. The second-order valence-electron chi connectivity index (χ2n) is 4.75. The molecule has 0 radical (unpaired) electrons. The van der Waals surface area contributed by atoms with Gasteiger partial charge in [-0.3, -0.25) is 4.21 Å². The standard InChI is InChI=1S/C11H23NOS/c1-9(2)7-8-14(13)11-6-4-3-5-10(11)12/h9-11H,3-8,12H2,1-2H3. The fraction of sp³-hybridized carbons (Fsp3) is 1.00. The molecule has 0 aromatic carbocycles. The minimum Gasteiger partial charge on any atom is -0.327 e. The van der Waals surface area contributed by atoms with Crippen molar-refractivity contribution in [2.24, 2.45) is 11.7 Å². The molecule has 14 heavy (non-hydrogen) atoms. The lowest BCUT2D eigenvalue weighted by atomic mass is 9.96. The van der Waals surface area contributed by atoms with E-state index in [-0.39, 0.29) is 11.3 Å². The third-order valence-corrected chi connectivity index (χ3v) is 4.89. The molecule has 3 atom stereocenters. The van der Waals surface area contributed by atoms with Crippen LogP contribution < -0.4 is 5.73 Å².